The summed E-state index contributed by atoms with van der Waals surface area (Å²) >= 11 is 0. The summed E-state index contributed by atoms with van der Waals surface area (Å²) in [6, 6.07) is 18.2. The van der Waals surface area contributed by atoms with Crippen LogP contribution in [0.2, 0.25) is 0 Å². The molecule has 4 aromatic rings. The third-order valence-corrected chi connectivity index (χ3v) is 7.37. The molecule has 0 spiro atoms. The van der Waals surface area contributed by atoms with Crippen molar-refractivity contribution >= 4 is 40.3 Å². The molecule has 0 unspecified atom stereocenters. The fraction of sp³-hybridized carbons (Fsp3) is 0.400. The van der Waals surface area contributed by atoms with Crippen molar-refractivity contribution in [1.29, 1.82) is 0 Å². The van der Waals surface area contributed by atoms with Crippen LogP contribution in [0.5, 0.6) is 0 Å². The Bertz CT molecular complexity index is 1590. The van der Waals surface area contributed by atoms with Crippen LogP contribution in [0.4, 0.5) is 11.5 Å². The molecule has 12 heteroatoms. The van der Waals surface area contributed by atoms with Crippen molar-refractivity contribution in [2.75, 3.05) is 37.1 Å². The van der Waals surface area contributed by atoms with Crippen LogP contribution in [0.25, 0.3) is 11.0 Å². The van der Waals surface area contributed by atoms with E-state index in [-0.39, 0.29) is 25.0 Å². The quantitative estimate of drug-likeness (QED) is 0.0378. The summed E-state index contributed by atoms with van der Waals surface area (Å²) < 4.78 is 10.4. The van der Waals surface area contributed by atoms with Gasteiger partial charge in [-0.1, -0.05) is 37.4 Å². The van der Waals surface area contributed by atoms with Crippen LogP contribution in [0.3, 0.4) is 0 Å². The number of pyridine rings is 1. The van der Waals surface area contributed by atoms with Crippen molar-refractivity contribution in [2.24, 2.45) is 10.9 Å². The Hall–Kier alpha value is -4.97. The maximum Gasteiger partial charge on any atom is 0.307 e. The summed E-state index contributed by atoms with van der Waals surface area (Å²) in [6.07, 6.45) is 6.99. The number of esters is 1. The van der Waals surface area contributed by atoms with Gasteiger partial charge in [0.2, 0.25) is 0 Å². The van der Waals surface area contributed by atoms with E-state index in [9.17, 15) is 9.59 Å². The first-order chi connectivity index (χ1) is 22.9. The molecule has 4 N–H and O–H groups in total. The second kappa shape index (κ2) is 18.2. The average molecular weight is 644 g/mol. The average Bonchev–Trinajstić information content (AvgIpc) is 3.50. The lowest BCUT2D eigenvalue weighted by molar-refractivity contribution is -0.150. The summed E-state index contributed by atoms with van der Waals surface area (Å²) in [5.74, 6) is 0.757. The number of rotatable bonds is 19. The molecule has 2 heterocycles. The van der Waals surface area contributed by atoms with Crippen LogP contribution in [0.15, 0.2) is 72.0 Å². The van der Waals surface area contributed by atoms with E-state index < -0.39 is 5.97 Å². The predicted octanol–water partition coefficient (Wildman–Crippen LogP) is 5.79. The van der Waals surface area contributed by atoms with Gasteiger partial charge in [-0.2, -0.15) is 0 Å². The standard InChI is InChI=1S/C35H45N7O5/c1-4-5-6-7-10-21-46-41-34(36)26-12-15-28(16-13-26)38-23-31-39-29-17-14-27(22-30(29)40-31)35(44)42(32-11-8-9-19-37-32)20-18-33(43)47-25(2)24-45-3/h8-9,11-17,19,22,25,38H,4-7,10,18,20-21,23-24H2,1-3H3,(H2,36,41)(H,39,40)/t25-/m0/s1. The Morgan fingerprint density at radius 2 is 1.83 bits per heavy atom. The number of benzene rings is 2. The van der Waals surface area contributed by atoms with Gasteiger partial charge in [-0.05, 0) is 74.4 Å². The molecular formula is C35H45N7O5. The molecule has 4 rings (SSSR count). The van der Waals surface area contributed by atoms with Gasteiger partial charge in [-0.15, -0.1) is 0 Å². The Kier molecular flexibility index (Phi) is 13.5. The fourth-order valence-corrected chi connectivity index (χ4v) is 4.90. The van der Waals surface area contributed by atoms with E-state index in [1.54, 1.807) is 50.6 Å². The zero-order valence-corrected chi connectivity index (χ0v) is 27.4. The molecule has 47 heavy (non-hydrogen) atoms. The van der Waals surface area contributed by atoms with Gasteiger partial charge in [-0.25, -0.2) is 9.97 Å². The van der Waals surface area contributed by atoms with Crippen molar-refractivity contribution in [2.45, 2.75) is 65.0 Å². The Balaban J connectivity index is 1.35. The molecule has 0 aliphatic carbocycles. The van der Waals surface area contributed by atoms with E-state index in [2.05, 4.69) is 27.4 Å². The normalized spacial score (nSPS) is 12.1. The number of methoxy groups -OCH3 is 1. The van der Waals surface area contributed by atoms with E-state index in [4.69, 9.17) is 25.0 Å². The van der Waals surface area contributed by atoms with Crippen LogP contribution >= 0.6 is 0 Å². The molecule has 2 aromatic carbocycles. The van der Waals surface area contributed by atoms with Crippen molar-refractivity contribution in [3.05, 3.63) is 83.8 Å². The minimum absolute atomic E-state index is 0.00414. The third kappa shape index (κ3) is 10.8. The summed E-state index contributed by atoms with van der Waals surface area (Å²) in [4.78, 5) is 45.3. The maximum atomic E-state index is 13.7. The number of nitrogens with one attached hydrogen (secondary N) is 2. The summed E-state index contributed by atoms with van der Waals surface area (Å²) in [7, 11) is 1.54. The topological polar surface area (TPSA) is 157 Å². The molecular weight excluding hydrogens is 598 g/mol. The van der Waals surface area contributed by atoms with Gasteiger partial charge in [-0.3, -0.25) is 14.5 Å². The highest BCUT2D eigenvalue weighted by Crippen LogP contribution is 2.20. The number of H-pyrrole nitrogens is 1. The van der Waals surface area contributed by atoms with Crippen molar-refractivity contribution < 1.29 is 23.9 Å². The van der Waals surface area contributed by atoms with Crippen molar-refractivity contribution in [3.8, 4) is 0 Å². The molecule has 2 aromatic heterocycles. The van der Waals surface area contributed by atoms with Crippen LogP contribution < -0.4 is 16.0 Å². The highest BCUT2D eigenvalue weighted by atomic mass is 16.6. The number of nitrogens with two attached hydrogens (primary N) is 1. The van der Waals surface area contributed by atoms with Crippen LogP contribution in [-0.2, 0) is 25.7 Å². The number of amides is 1. The van der Waals surface area contributed by atoms with E-state index in [0.29, 0.717) is 48.3 Å². The minimum Gasteiger partial charge on any atom is -0.460 e. The number of carbonyl (C=O) groups is 2. The third-order valence-electron chi connectivity index (χ3n) is 7.37. The SMILES string of the molecule is CCCCCCCON=C(N)c1ccc(NCc2nc3cc(C(=O)N(CCC(=O)O[C@@H](C)COC)c4ccccn4)ccc3[nH]2)cc1. The number of imidazole rings is 1. The molecule has 0 bridgehead atoms. The Labute approximate surface area is 275 Å². The minimum atomic E-state index is -0.424. The molecule has 1 amide bonds. The summed E-state index contributed by atoms with van der Waals surface area (Å²) in [6.45, 7) is 5.34. The number of hydrogen-bond donors (Lipinski definition) is 3. The van der Waals surface area contributed by atoms with Gasteiger partial charge in [0.25, 0.3) is 5.91 Å². The number of aromatic amines is 1. The maximum absolute atomic E-state index is 13.7. The van der Waals surface area contributed by atoms with E-state index in [1.807, 2.05) is 30.3 Å². The molecule has 1 atom stereocenters. The lowest BCUT2D eigenvalue weighted by Crippen LogP contribution is -2.34. The highest BCUT2D eigenvalue weighted by molar-refractivity contribution is 6.07. The molecule has 250 valence electrons. The van der Waals surface area contributed by atoms with Crippen LogP contribution in [-0.4, -0.2) is 65.6 Å². The Morgan fingerprint density at radius 1 is 1.04 bits per heavy atom. The second-order valence-corrected chi connectivity index (χ2v) is 11.2. The molecule has 0 radical (unpaired) electrons. The van der Waals surface area contributed by atoms with Crippen LogP contribution in [0.1, 0.15) is 74.1 Å². The molecule has 12 nitrogen and oxygen atoms in total. The molecule has 0 saturated heterocycles. The number of carbonyl (C=O) groups excluding carboxylic acids is 2. The number of oxime groups is 1. The van der Waals surface area contributed by atoms with Crippen molar-refractivity contribution in [3.63, 3.8) is 0 Å². The first-order valence-corrected chi connectivity index (χ1v) is 16.1. The smallest absolute Gasteiger partial charge is 0.307 e. The van der Waals surface area contributed by atoms with Gasteiger partial charge >= 0.3 is 5.97 Å². The number of hydrogen-bond acceptors (Lipinski definition) is 9. The fourth-order valence-electron chi connectivity index (χ4n) is 4.90. The number of unbranched alkanes of at least 4 members (excludes halogenated alkanes) is 4. The second-order valence-electron chi connectivity index (χ2n) is 11.2. The van der Waals surface area contributed by atoms with Crippen LogP contribution in [0, 0.1) is 0 Å². The Morgan fingerprint density at radius 3 is 2.57 bits per heavy atom. The molecule has 0 aliphatic rings. The highest BCUT2D eigenvalue weighted by Gasteiger charge is 2.22. The number of anilines is 2. The predicted molar refractivity (Wildman–Crippen MR) is 183 cm³/mol. The molecule has 0 fully saturated rings. The monoisotopic (exact) mass is 643 g/mol. The van der Waals surface area contributed by atoms with Gasteiger partial charge in [0, 0.05) is 36.7 Å². The molecule has 0 saturated carbocycles. The summed E-state index contributed by atoms with van der Waals surface area (Å²) in [5, 5.41) is 7.39. The number of nitrogens with zero attached hydrogens (tertiary/aromatic N) is 4. The lowest BCUT2D eigenvalue weighted by atomic mass is 10.1. The van der Waals surface area contributed by atoms with Gasteiger partial charge in [0.1, 0.15) is 24.4 Å². The number of amidine groups is 1. The van der Waals surface area contributed by atoms with Gasteiger partial charge in [0.05, 0.1) is 30.6 Å². The number of aromatic nitrogens is 3. The first-order valence-electron chi connectivity index (χ1n) is 16.1. The van der Waals surface area contributed by atoms with Crippen molar-refractivity contribution in [1.82, 2.24) is 15.0 Å². The first kappa shape index (κ1) is 34.9. The lowest BCUT2D eigenvalue weighted by Gasteiger charge is -2.22. The largest absolute Gasteiger partial charge is 0.460 e. The summed E-state index contributed by atoms with van der Waals surface area (Å²) in [5.41, 5.74) is 9.62. The van der Waals surface area contributed by atoms with Gasteiger partial charge < -0.3 is 30.3 Å². The van der Waals surface area contributed by atoms with E-state index in [1.165, 1.54) is 24.2 Å². The zero-order chi connectivity index (χ0) is 33.4. The van der Waals surface area contributed by atoms with E-state index in [0.717, 1.165) is 29.6 Å². The molecule has 0 aliphatic heterocycles. The van der Waals surface area contributed by atoms with Gasteiger partial charge in [0.15, 0.2) is 5.84 Å². The number of fused-ring (bicyclic) bond motifs is 1. The van der Waals surface area contributed by atoms with E-state index >= 15 is 0 Å². The number of ether oxygens (including phenoxy) is 2. The zero-order valence-electron chi connectivity index (χ0n) is 27.4.